The van der Waals surface area contributed by atoms with E-state index < -0.39 is 91.8 Å². The molecule has 0 aliphatic carbocycles. The summed E-state index contributed by atoms with van der Waals surface area (Å²) in [6.07, 6.45) is -8.61. The molecule has 1 aliphatic rings. The lowest BCUT2D eigenvalue weighted by atomic mass is 9.88. The number of methoxy groups -OCH3 is 1. The molecule has 17 nitrogen and oxygen atoms in total. The molecule has 44 heavy (non-hydrogen) atoms. The van der Waals surface area contributed by atoms with E-state index in [4.69, 9.17) is 23.7 Å². The number of alkyl carbamates (subject to hydrolysis) is 1. The van der Waals surface area contributed by atoms with Crippen LogP contribution in [-0.4, -0.2) is 156 Å². The van der Waals surface area contributed by atoms with Crippen LogP contribution < -0.4 is 16.0 Å². The number of hydrogen-bond acceptors (Lipinski definition) is 14. The van der Waals surface area contributed by atoms with Gasteiger partial charge in [0.25, 0.3) is 5.79 Å². The molecule has 0 aromatic heterocycles. The second-order valence-corrected chi connectivity index (χ2v) is 11.3. The smallest absolute Gasteiger partial charge is 0.407 e. The lowest BCUT2D eigenvalue weighted by Gasteiger charge is -2.47. The van der Waals surface area contributed by atoms with Gasteiger partial charge in [0.1, 0.15) is 31.0 Å². The van der Waals surface area contributed by atoms with Crippen LogP contribution in [0.4, 0.5) is 4.79 Å². The van der Waals surface area contributed by atoms with E-state index in [0.717, 1.165) is 6.42 Å². The van der Waals surface area contributed by atoms with Crippen LogP contribution in [0, 0.1) is 0 Å². The molecule has 1 saturated heterocycles. The Morgan fingerprint density at radius 2 is 1.82 bits per heavy atom. The molecule has 0 bridgehead atoms. The first kappa shape index (κ1) is 39.7. The summed E-state index contributed by atoms with van der Waals surface area (Å²) in [5.74, 6) is -5.02. The molecule has 7 unspecified atom stereocenters. The monoisotopic (exact) mass is 657 g/mol. The van der Waals surface area contributed by atoms with E-state index >= 15 is 0 Å². The molecule has 1 aliphatic heterocycles. The van der Waals surface area contributed by atoms with Crippen LogP contribution in [0.2, 0.25) is 0 Å². The van der Waals surface area contributed by atoms with Gasteiger partial charge in [0, 0.05) is 31.6 Å². The van der Waals surface area contributed by atoms with Gasteiger partial charge in [-0.1, -0.05) is 6.92 Å². The van der Waals surface area contributed by atoms with E-state index in [9.17, 15) is 44.7 Å². The molecule has 1 fully saturated rings. The van der Waals surface area contributed by atoms with Crippen molar-refractivity contribution in [2.45, 2.75) is 82.0 Å². The molecule has 0 aromatic carbocycles. The second kappa shape index (κ2) is 20.7. The number of nitrogens with one attached hydrogen (secondary N) is 3. The molecule has 8 N–H and O–H groups in total. The fraction of sp³-hybridized carbons (Fsp3) is 0.846. The van der Waals surface area contributed by atoms with E-state index in [1.807, 2.05) is 6.92 Å². The summed E-state index contributed by atoms with van der Waals surface area (Å²) >= 11 is 1.31. The first-order valence-corrected chi connectivity index (χ1v) is 15.4. The summed E-state index contributed by atoms with van der Waals surface area (Å²) in [6, 6.07) is -2.58. The Hall–Kier alpha value is -2.29. The highest BCUT2D eigenvalue weighted by Crippen LogP contribution is 2.34. The van der Waals surface area contributed by atoms with Gasteiger partial charge in [-0.15, -0.1) is 0 Å². The Labute approximate surface area is 260 Å². The van der Waals surface area contributed by atoms with Crippen LogP contribution in [0.3, 0.4) is 0 Å². The highest BCUT2D eigenvalue weighted by atomic mass is 32.2. The minimum Gasteiger partial charge on any atom is -0.477 e. The van der Waals surface area contributed by atoms with Gasteiger partial charge in [-0.3, -0.25) is 9.59 Å². The zero-order chi connectivity index (χ0) is 33.3. The number of carbonyl (C=O) groups is 4. The number of aliphatic carboxylic acids is 1. The van der Waals surface area contributed by atoms with Crippen LogP contribution in [0.5, 0.6) is 0 Å². The van der Waals surface area contributed by atoms with Crippen molar-refractivity contribution >= 4 is 35.6 Å². The average molecular weight is 658 g/mol. The predicted octanol–water partition coefficient (Wildman–Crippen LogP) is -2.44. The molecule has 0 radical (unpaired) electrons. The van der Waals surface area contributed by atoms with Crippen molar-refractivity contribution in [1.82, 2.24) is 16.0 Å². The Morgan fingerprint density at radius 3 is 2.41 bits per heavy atom. The highest BCUT2D eigenvalue weighted by molar-refractivity contribution is 7.99. The van der Waals surface area contributed by atoms with Gasteiger partial charge in [0.2, 0.25) is 11.8 Å². The van der Waals surface area contributed by atoms with Crippen LogP contribution >= 0.6 is 11.8 Å². The summed E-state index contributed by atoms with van der Waals surface area (Å²) in [4.78, 5) is 50.0. The normalized spacial score (nSPS) is 23.8. The molecule has 0 spiro atoms. The Bertz CT molecular complexity index is 900. The number of carbonyl (C=O) groups excluding carboxylic acids is 3. The second-order valence-electron chi connectivity index (χ2n) is 10.1. The molecular formula is C26H47N3O14S. The molecule has 0 saturated carbocycles. The maximum Gasteiger partial charge on any atom is 0.407 e. The Balaban J connectivity index is 2.93. The van der Waals surface area contributed by atoms with Crippen molar-refractivity contribution in [3.8, 4) is 0 Å². The van der Waals surface area contributed by atoms with Gasteiger partial charge < -0.3 is 65.2 Å². The average Bonchev–Trinajstić information content (AvgIpc) is 2.97. The third kappa shape index (κ3) is 13.4. The summed E-state index contributed by atoms with van der Waals surface area (Å²) < 4.78 is 26.2. The highest BCUT2D eigenvalue weighted by Gasteiger charge is 2.56. The number of rotatable bonds is 21. The zero-order valence-electron chi connectivity index (χ0n) is 25.4. The van der Waals surface area contributed by atoms with Gasteiger partial charge in [-0.2, -0.15) is 11.8 Å². The first-order chi connectivity index (χ1) is 20.8. The minimum atomic E-state index is -2.43. The molecule has 0 aromatic rings. The Kier molecular flexibility index (Phi) is 18.7. The van der Waals surface area contributed by atoms with Crippen LogP contribution in [0.25, 0.3) is 0 Å². The lowest BCUT2D eigenvalue weighted by molar-refractivity contribution is -0.319. The SMILES string of the molecule is CCCOCCOC(=O)NC(CSCCOC)C(=O)NCC(=O)NC1C(O)CC(OC(C)C)(C(=O)O)OC1C(O)C(O)CO. The summed E-state index contributed by atoms with van der Waals surface area (Å²) in [5.41, 5.74) is 0. The standard InChI is InChI=1S/C26H47N3O14S/c1-5-6-40-7-8-41-25(38)28-16(14-44-10-9-39-4)23(35)27-12-19(33)29-20-17(31)11-26(24(36)37,42-15(2)3)43-22(20)21(34)18(32)13-30/h15-18,20-22,30-32,34H,5-14H2,1-4H3,(H,27,35)(H,28,38)(H,29,33)(H,36,37). The third-order valence-corrected chi connectivity index (χ3v) is 7.15. The largest absolute Gasteiger partial charge is 0.477 e. The molecular weight excluding hydrogens is 610 g/mol. The number of carboxylic acid groups (broad SMARTS) is 1. The van der Waals surface area contributed by atoms with Crippen molar-refractivity contribution in [2.75, 3.05) is 58.2 Å². The number of thioether (sulfide) groups is 1. The van der Waals surface area contributed by atoms with E-state index in [1.165, 1.54) is 32.7 Å². The molecule has 256 valence electrons. The molecule has 18 heteroatoms. The maximum absolute atomic E-state index is 12.9. The van der Waals surface area contributed by atoms with Gasteiger partial charge >= 0.3 is 12.1 Å². The van der Waals surface area contributed by atoms with Crippen molar-refractivity contribution in [2.24, 2.45) is 0 Å². The number of amides is 3. The van der Waals surface area contributed by atoms with Crippen molar-refractivity contribution in [3.63, 3.8) is 0 Å². The third-order valence-electron chi connectivity index (χ3n) is 6.13. The van der Waals surface area contributed by atoms with Crippen molar-refractivity contribution < 1.29 is 68.4 Å². The fourth-order valence-electron chi connectivity index (χ4n) is 4.07. The molecule has 3 amide bonds. The van der Waals surface area contributed by atoms with E-state index in [1.54, 1.807) is 0 Å². The van der Waals surface area contributed by atoms with Crippen molar-refractivity contribution in [1.29, 1.82) is 0 Å². The number of ether oxygens (including phenoxy) is 5. The van der Waals surface area contributed by atoms with Crippen molar-refractivity contribution in [3.05, 3.63) is 0 Å². The lowest BCUT2D eigenvalue weighted by Crippen LogP contribution is -2.68. The maximum atomic E-state index is 12.9. The number of hydrogen-bond donors (Lipinski definition) is 8. The van der Waals surface area contributed by atoms with Gasteiger partial charge in [0.15, 0.2) is 0 Å². The van der Waals surface area contributed by atoms with Gasteiger partial charge in [0.05, 0.1) is 44.6 Å². The van der Waals surface area contributed by atoms with E-state index in [2.05, 4.69) is 16.0 Å². The van der Waals surface area contributed by atoms with E-state index in [0.29, 0.717) is 19.0 Å². The molecule has 1 heterocycles. The topological polar surface area (TPSA) is 252 Å². The zero-order valence-corrected chi connectivity index (χ0v) is 26.2. The fourth-order valence-corrected chi connectivity index (χ4v) is 4.99. The van der Waals surface area contributed by atoms with Gasteiger partial charge in [-0.25, -0.2) is 9.59 Å². The number of aliphatic hydroxyl groups excluding tert-OH is 4. The van der Waals surface area contributed by atoms with Gasteiger partial charge in [-0.05, 0) is 20.3 Å². The quantitative estimate of drug-likeness (QED) is 0.0597. The first-order valence-electron chi connectivity index (χ1n) is 14.2. The van der Waals surface area contributed by atoms with Crippen LogP contribution in [-0.2, 0) is 38.1 Å². The summed E-state index contributed by atoms with van der Waals surface area (Å²) in [5, 5.41) is 57.8. The number of carboxylic acids is 1. The number of aliphatic hydroxyl groups is 4. The predicted molar refractivity (Wildman–Crippen MR) is 155 cm³/mol. The molecule has 7 atom stereocenters. The van der Waals surface area contributed by atoms with E-state index in [-0.39, 0.29) is 19.0 Å². The summed E-state index contributed by atoms with van der Waals surface area (Å²) in [6.45, 7) is 4.43. The minimum absolute atomic E-state index is 0.0332. The Morgan fingerprint density at radius 1 is 1.11 bits per heavy atom. The summed E-state index contributed by atoms with van der Waals surface area (Å²) in [7, 11) is 1.51. The van der Waals surface area contributed by atoms with Crippen LogP contribution in [0.1, 0.15) is 33.6 Å². The molecule has 1 rings (SSSR count). The van der Waals surface area contributed by atoms with Crippen LogP contribution in [0.15, 0.2) is 0 Å².